The molecule has 2 N–H and O–H groups in total. The highest BCUT2D eigenvalue weighted by molar-refractivity contribution is 7.81. The van der Waals surface area contributed by atoms with E-state index in [9.17, 15) is 16.8 Å². The van der Waals surface area contributed by atoms with E-state index in [4.69, 9.17) is 9.11 Å². The predicted molar refractivity (Wildman–Crippen MR) is 48.8 cm³/mol. The number of hydrogen-bond donors (Lipinski definition) is 2. The fourth-order valence-corrected chi connectivity index (χ4v) is 1.66. The van der Waals surface area contributed by atoms with Gasteiger partial charge in [-0.2, -0.15) is 16.8 Å². The number of hydrogen-bond acceptors (Lipinski definition) is 6. The maximum atomic E-state index is 10.3. The molecule has 0 saturated carbocycles. The summed E-state index contributed by atoms with van der Waals surface area (Å²) in [6, 6.07) is 0. The van der Waals surface area contributed by atoms with Crippen LogP contribution in [0.4, 0.5) is 0 Å². The van der Waals surface area contributed by atoms with Crippen molar-refractivity contribution in [1.82, 2.24) is 0 Å². The van der Waals surface area contributed by atoms with Crippen LogP contribution in [-0.4, -0.2) is 38.7 Å². The first-order valence-electron chi connectivity index (χ1n) is 3.91. The van der Waals surface area contributed by atoms with Crippen LogP contribution in [0.3, 0.4) is 0 Å². The van der Waals surface area contributed by atoms with Crippen LogP contribution in [-0.2, 0) is 29.2 Å². The molecule has 92 valence electrons. The van der Waals surface area contributed by atoms with Crippen molar-refractivity contribution in [3.63, 3.8) is 0 Å². The van der Waals surface area contributed by atoms with Crippen molar-refractivity contribution < 1.29 is 34.3 Å². The fourth-order valence-electron chi connectivity index (χ4n) is 0.777. The van der Waals surface area contributed by atoms with Crippen LogP contribution in [0.5, 0.6) is 0 Å². The third kappa shape index (κ3) is 10.0. The molecule has 0 aliphatic heterocycles. The van der Waals surface area contributed by atoms with Gasteiger partial charge in [-0.1, -0.05) is 6.92 Å². The molecule has 0 aromatic heterocycles. The van der Waals surface area contributed by atoms with Gasteiger partial charge in [0.25, 0.3) is 0 Å². The van der Waals surface area contributed by atoms with Gasteiger partial charge in [-0.15, -0.1) is 0 Å². The molecule has 15 heavy (non-hydrogen) atoms. The van der Waals surface area contributed by atoms with Crippen LogP contribution >= 0.6 is 0 Å². The van der Waals surface area contributed by atoms with Gasteiger partial charge in [-0.25, -0.2) is 8.37 Å². The molecule has 0 saturated heterocycles. The number of rotatable bonds is 7. The van der Waals surface area contributed by atoms with Gasteiger partial charge in [0.15, 0.2) is 0 Å². The highest BCUT2D eigenvalue weighted by atomic mass is 32.3. The molecule has 0 heterocycles. The minimum Gasteiger partial charge on any atom is -0.264 e. The zero-order chi connectivity index (χ0) is 12.1. The lowest BCUT2D eigenvalue weighted by atomic mass is 10.2. The molecule has 0 radical (unpaired) electrons. The van der Waals surface area contributed by atoms with Gasteiger partial charge < -0.3 is 0 Å². The third-order valence-corrected chi connectivity index (χ3v) is 2.37. The Morgan fingerprint density at radius 3 is 2.00 bits per heavy atom. The van der Waals surface area contributed by atoms with Gasteiger partial charge >= 0.3 is 20.8 Å². The Hall–Kier alpha value is -0.260. The van der Waals surface area contributed by atoms with E-state index in [-0.39, 0.29) is 12.8 Å². The van der Waals surface area contributed by atoms with Crippen LogP contribution in [0.25, 0.3) is 0 Å². The highest BCUT2D eigenvalue weighted by Crippen LogP contribution is 2.07. The SMILES string of the molecule is CCC(CCOS(=O)(=O)O)OS(=O)(=O)O. The van der Waals surface area contributed by atoms with Gasteiger partial charge in [-0.05, 0) is 12.8 Å². The molecule has 0 fully saturated rings. The molecule has 0 aliphatic rings. The van der Waals surface area contributed by atoms with Gasteiger partial charge in [0.1, 0.15) is 0 Å². The van der Waals surface area contributed by atoms with E-state index in [1.165, 1.54) is 0 Å². The second-order valence-electron chi connectivity index (χ2n) is 2.59. The van der Waals surface area contributed by atoms with E-state index in [0.29, 0.717) is 0 Å². The van der Waals surface area contributed by atoms with E-state index in [1.54, 1.807) is 6.92 Å². The van der Waals surface area contributed by atoms with Gasteiger partial charge in [0.05, 0.1) is 12.7 Å². The quantitative estimate of drug-likeness (QED) is 0.605. The Labute approximate surface area is 88.1 Å². The molecule has 8 nitrogen and oxygen atoms in total. The Bertz CT molecular complexity index is 368. The van der Waals surface area contributed by atoms with E-state index >= 15 is 0 Å². The molecule has 0 aromatic carbocycles. The molecule has 0 aliphatic carbocycles. The summed E-state index contributed by atoms with van der Waals surface area (Å²) in [6.07, 6.45) is -0.771. The predicted octanol–water partition coefficient (Wildman–Crippen LogP) is -0.206. The van der Waals surface area contributed by atoms with E-state index in [2.05, 4.69) is 8.37 Å². The molecule has 10 heteroatoms. The second-order valence-corrected chi connectivity index (χ2v) is 4.73. The van der Waals surface area contributed by atoms with Crippen LogP contribution in [0, 0.1) is 0 Å². The van der Waals surface area contributed by atoms with Crippen LogP contribution in [0.1, 0.15) is 19.8 Å². The largest absolute Gasteiger partial charge is 0.397 e. The van der Waals surface area contributed by atoms with Crippen LogP contribution in [0.15, 0.2) is 0 Å². The zero-order valence-corrected chi connectivity index (χ0v) is 9.49. The summed E-state index contributed by atoms with van der Waals surface area (Å²) >= 11 is 0. The Morgan fingerprint density at radius 2 is 1.67 bits per heavy atom. The third-order valence-electron chi connectivity index (χ3n) is 1.39. The van der Waals surface area contributed by atoms with Crippen molar-refractivity contribution in [1.29, 1.82) is 0 Å². The lowest BCUT2D eigenvalue weighted by Gasteiger charge is -2.11. The summed E-state index contributed by atoms with van der Waals surface area (Å²) in [5.74, 6) is 0. The summed E-state index contributed by atoms with van der Waals surface area (Å²) < 4.78 is 65.4. The maximum Gasteiger partial charge on any atom is 0.397 e. The molecular weight excluding hydrogens is 252 g/mol. The van der Waals surface area contributed by atoms with Crippen molar-refractivity contribution in [2.45, 2.75) is 25.9 Å². The monoisotopic (exact) mass is 264 g/mol. The first kappa shape index (κ1) is 14.7. The average Bonchev–Trinajstić information content (AvgIpc) is 1.97. The topological polar surface area (TPSA) is 127 Å². The second kappa shape index (κ2) is 5.72. The van der Waals surface area contributed by atoms with E-state index in [0.717, 1.165) is 0 Å². The summed E-state index contributed by atoms with van der Waals surface area (Å²) in [7, 11) is -9.11. The molecule has 0 aromatic rings. The van der Waals surface area contributed by atoms with Gasteiger partial charge in [0, 0.05) is 0 Å². The minimum absolute atomic E-state index is 0.101. The molecule has 0 spiro atoms. The molecule has 1 atom stereocenters. The first-order chi connectivity index (χ1) is 6.64. The van der Waals surface area contributed by atoms with Crippen molar-refractivity contribution in [3.05, 3.63) is 0 Å². The summed E-state index contributed by atoms with van der Waals surface area (Å²) in [6.45, 7) is 1.14. The lowest BCUT2D eigenvalue weighted by molar-refractivity contribution is 0.143. The molecule has 0 amide bonds. The smallest absolute Gasteiger partial charge is 0.264 e. The molecule has 1 unspecified atom stereocenters. The Balaban J connectivity index is 4.03. The van der Waals surface area contributed by atoms with Crippen molar-refractivity contribution >= 4 is 20.8 Å². The van der Waals surface area contributed by atoms with E-state index < -0.39 is 33.5 Å². The fraction of sp³-hybridized carbons (Fsp3) is 1.00. The minimum atomic E-state index is -4.57. The summed E-state index contributed by atoms with van der Waals surface area (Å²) in [5.41, 5.74) is 0. The Kier molecular flexibility index (Phi) is 5.62. The Morgan fingerprint density at radius 1 is 1.13 bits per heavy atom. The summed E-state index contributed by atoms with van der Waals surface area (Å²) in [5, 5.41) is 0. The first-order valence-corrected chi connectivity index (χ1v) is 6.64. The molecule has 0 rings (SSSR count). The standard InChI is InChI=1S/C5H12O8S2/c1-2-5(13-15(9,10)11)3-4-12-14(6,7)8/h5H,2-4H2,1H3,(H,6,7,8)(H,9,10,11). The molecular formula is C5H12O8S2. The van der Waals surface area contributed by atoms with Gasteiger partial charge in [-0.3, -0.25) is 9.11 Å². The van der Waals surface area contributed by atoms with Crippen molar-refractivity contribution in [2.24, 2.45) is 0 Å². The molecule has 0 bridgehead atoms. The van der Waals surface area contributed by atoms with Crippen molar-refractivity contribution in [2.75, 3.05) is 6.61 Å². The van der Waals surface area contributed by atoms with Crippen LogP contribution in [0.2, 0.25) is 0 Å². The maximum absolute atomic E-state index is 10.3. The zero-order valence-electron chi connectivity index (χ0n) is 7.86. The highest BCUT2D eigenvalue weighted by Gasteiger charge is 2.16. The van der Waals surface area contributed by atoms with E-state index in [1.807, 2.05) is 0 Å². The van der Waals surface area contributed by atoms with Gasteiger partial charge in [0.2, 0.25) is 0 Å². The van der Waals surface area contributed by atoms with Crippen LogP contribution < -0.4 is 0 Å². The normalized spacial score (nSPS) is 15.1. The average molecular weight is 264 g/mol. The van der Waals surface area contributed by atoms with Crippen molar-refractivity contribution in [3.8, 4) is 0 Å². The lowest BCUT2D eigenvalue weighted by Crippen LogP contribution is -2.20. The summed E-state index contributed by atoms with van der Waals surface area (Å²) in [4.78, 5) is 0.